The highest BCUT2D eigenvalue weighted by molar-refractivity contribution is 7.16. The molecule has 0 bridgehead atoms. The van der Waals surface area contributed by atoms with E-state index >= 15 is 0 Å². The van der Waals surface area contributed by atoms with Crippen LogP contribution >= 0.6 is 22.9 Å². The Labute approximate surface area is 126 Å². The molecule has 1 aliphatic heterocycles. The molecule has 0 fully saturated rings. The first-order valence-corrected chi connectivity index (χ1v) is 7.73. The van der Waals surface area contributed by atoms with Crippen LogP contribution in [0.2, 0.25) is 5.02 Å². The molecule has 6 heteroatoms. The van der Waals surface area contributed by atoms with Crippen LogP contribution in [0.1, 0.15) is 18.4 Å². The van der Waals surface area contributed by atoms with Gasteiger partial charge < -0.3 is 15.2 Å². The first-order chi connectivity index (χ1) is 9.69. The molecule has 0 spiro atoms. The van der Waals surface area contributed by atoms with E-state index in [0.717, 1.165) is 29.1 Å². The van der Waals surface area contributed by atoms with Crippen LogP contribution in [0.3, 0.4) is 0 Å². The Morgan fingerprint density at radius 3 is 2.95 bits per heavy atom. The lowest BCUT2D eigenvalue weighted by molar-refractivity contribution is 0.172. The third-order valence-corrected chi connectivity index (χ3v) is 4.26. The number of thiazole rings is 1. The topological polar surface area (TPSA) is 57.4 Å². The summed E-state index contributed by atoms with van der Waals surface area (Å²) in [5.41, 5.74) is 7.72. The van der Waals surface area contributed by atoms with E-state index in [9.17, 15) is 0 Å². The minimum atomic E-state index is 0.519. The second-order valence-electron chi connectivity index (χ2n) is 4.55. The van der Waals surface area contributed by atoms with Crippen molar-refractivity contribution in [2.24, 2.45) is 0 Å². The highest BCUT2D eigenvalue weighted by Crippen LogP contribution is 2.42. The van der Waals surface area contributed by atoms with Crippen molar-refractivity contribution in [3.63, 3.8) is 0 Å². The number of halogens is 1. The maximum Gasteiger partial charge on any atom is 0.179 e. The Morgan fingerprint density at radius 2 is 2.15 bits per heavy atom. The average Bonchev–Trinajstić information content (AvgIpc) is 2.80. The molecule has 106 valence electrons. The van der Waals surface area contributed by atoms with Crippen molar-refractivity contribution in [3.05, 3.63) is 22.2 Å². The zero-order chi connectivity index (χ0) is 14.1. The first-order valence-electron chi connectivity index (χ1n) is 6.53. The summed E-state index contributed by atoms with van der Waals surface area (Å²) in [6, 6.07) is 3.72. The highest BCUT2D eigenvalue weighted by Gasteiger charge is 2.19. The maximum atomic E-state index is 6.25. The SMILES string of the molecule is CCCc1nc(-c2cc(Cl)c3c(c2)OCCO3)c(N)s1. The van der Waals surface area contributed by atoms with E-state index in [1.54, 1.807) is 0 Å². The van der Waals surface area contributed by atoms with Crippen LogP contribution in [0.4, 0.5) is 5.00 Å². The number of fused-ring (bicyclic) bond motifs is 1. The molecule has 1 aromatic carbocycles. The highest BCUT2D eigenvalue weighted by atomic mass is 35.5. The second kappa shape index (κ2) is 5.50. The lowest BCUT2D eigenvalue weighted by Crippen LogP contribution is -2.15. The summed E-state index contributed by atoms with van der Waals surface area (Å²) in [5, 5.41) is 2.29. The summed E-state index contributed by atoms with van der Waals surface area (Å²) in [6.07, 6.45) is 1.99. The molecule has 4 nitrogen and oxygen atoms in total. The molecule has 2 heterocycles. The van der Waals surface area contributed by atoms with Crippen LogP contribution in [0, 0.1) is 0 Å². The van der Waals surface area contributed by atoms with Crippen LogP contribution in [-0.2, 0) is 6.42 Å². The molecule has 0 atom stereocenters. The van der Waals surface area contributed by atoms with Gasteiger partial charge in [0.2, 0.25) is 0 Å². The Kier molecular flexibility index (Phi) is 3.72. The predicted molar refractivity (Wildman–Crippen MR) is 82.0 cm³/mol. The number of hydrogen-bond donors (Lipinski definition) is 1. The maximum absolute atomic E-state index is 6.25. The number of aryl methyl sites for hydroxylation is 1. The Hall–Kier alpha value is -1.46. The van der Waals surface area contributed by atoms with Crippen molar-refractivity contribution in [1.82, 2.24) is 4.98 Å². The molecular weight excluding hydrogens is 296 g/mol. The van der Waals surface area contributed by atoms with Gasteiger partial charge in [-0.15, -0.1) is 11.3 Å². The monoisotopic (exact) mass is 310 g/mol. The number of nitrogens with zero attached hydrogens (tertiary/aromatic N) is 1. The van der Waals surface area contributed by atoms with E-state index < -0.39 is 0 Å². The minimum Gasteiger partial charge on any atom is -0.486 e. The molecule has 0 saturated heterocycles. The predicted octanol–water partition coefficient (Wildman–Crippen LogP) is 3.77. The molecule has 2 N–H and O–H groups in total. The Morgan fingerprint density at radius 1 is 1.35 bits per heavy atom. The van der Waals surface area contributed by atoms with Crippen LogP contribution in [0.15, 0.2) is 12.1 Å². The zero-order valence-electron chi connectivity index (χ0n) is 11.1. The van der Waals surface area contributed by atoms with Gasteiger partial charge in [-0.2, -0.15) is 0 Å². The molecule has 1 aliphatic rings. The summed E-state index contributed by atoms with van der Waals surface area (Å²) in [6.45, 7) is 3.17. The number of hydrogen-bond acceptors (Lipinski definition) is 5. The zero-order valence-corrected chi connectivity index (χ0v) is 12.7. The fraction of sp³-hybridized carbons (Fsp3) is 0.357. The normalized spacial score (nSPS) is 13.5. The van der Waals surface area contributed by atoms with E-state index in [4.69, 9.17) is 26.8 Å². The Bertz CT molecular complexity index is 642. The first kappa shape index (κ1) is 13.5. The van der Waals surface area contributed by atoms with Crippen LogP contribution < -0.4 is 15.2 Å². The van der Waals surface area contributed by atoms with E-state index in [-0.39, 0.29) is 0 Å². The number of nitrogen functional groups attached to an aromatic ring is 1. The van der Waals surface area contributed by atoms with Gasteiger partial charge in [-0.25, -0.2) is 4.98 Å². The quantitative estimate of drug-likeness (QED) is 0.937. The molecule has 0 amide bonds. The van der Waals surface area contributed by atoms with Gasteiger partial charge in [0.1, 0.15) is 23.9 Å². The van der Waals surface area contributed by atoms with Gasteiger partial charge in [-0.1, -0.05) is 18.5 Å². The molecule has 20 heavy (non-hydrogen) atoms. The van der Waals surface area contributed by atoms with Gasteiger partial charge in [-0.05, 0) is 25.0 Å². The molecule has 0 aliphatic carbocycles. The fourth-order valence-corrected chi connectivity index (χ4v) is 3.38. The van der Waals surface area contributed by atoms with E-state index in [0.29, 0.717) is 34.7 Å². The van der Waals surface area contributed by atoms with Crippen molar-refractivity contribution in [3.8, 4) is 22.8 Å². The third kappa shape index (κ3) is 2.43. The summed E-state index contributed by atoms with van der Waals surface area (Å²) < 4.78 is 11.1. The summed E-state index contributed by atoms with van der Waals surface area (Å²) in [7, 11) is 0. The molecule has 0 unspecified atom stereocenters. The van der Waals surface area contributed by atoms with Crippen LogP contribution in [-0.4, -0.2) is 18.2 Å². The molecule has 2 aromatic rings. The standard InChI is InChI=1S/C14H15ClN2O2S/c1-2-3-11-17-12(14(16)20-11)8-6-9(15)13-10(7-8)18-4-5-19-13/h6-7H,2-5,16H2,1H3. The van der Waals surface area contributed by atoms with Gasteiger partial charge in [0, 0.05) is 5.56 Å². The molecular formula is C14H15ClN2O2S. The van der Waals surface area contributed by atoms with Crippen molar-refractivity contribution in [1.29, 1.82) is 0 Å². The van der Waals surface area contributed by atoms with E-state index in [2.05, 4.69) is 11.9 Å². The number of nitrogens with two attached hydrogens (primary N) is 1. The molecule has 3 rings (SSSR count). The number of ether oxygens (including phenoxy) is 2. The van der Waals surface area contributed by atoms with Crippen molar-refractivity contribution in [2.75, 3.05) is 18.9 Å². The third-order valence-electron chi connectivity index (χ3n) is 3.03. The van der Waals surface area contributed by atoms with E-state index in [1.807, 2.05) is 12.1 Å². The average molecular weight is 311 g/mol. The number of aromatic nitrogens is 1. The molecule has 0 saturated carbocycles. The largest absolute Gasteiger partial charge is 0.486 e. The van der Waals surface area contributed by atoms with Gasteiger partial charge in [0.15, 0.2) is 11.5 Å². The van der Waals surface area contributed by atoms with Crippen LogP contribution in [0.25, 0.3) is 11.3 Å². The number of rotatable bonds is 3. The Balaban J connectivity index is 2.04. The van der Waals surface area contributed by atoms with Crippen molar-refractivity contribution < 1.29 is 9.47 Å². The smallest absolute Gasteiger partial charge is 0.179 e. The lowest BCUT2D eigenvalue weighted by Gasteiger charge is -2.20. The van der Waals surface area contributed by atoms with Gasteiger partial charge in [0.25, 0.3) is 0 Å². The summed E-state index contributed by atoms with van der Waals surface area (Å²) >= 11 is 7.78. The minimum absolute atomic E-state index is 0.519. The second-order valence-corrected chi connectivity index (χ2v) is 6.08. The van der Waals surface area contributed by atoms with Gasteiger partial charge in [-0.3, -0.25) is 0 Å². The summed E-state index contributed by atoms with van der Waals surface area (Å²) in [5.74, 6) is 1.26. The van der Waals surface area contributed by atoms with E-state index in [1.165, 1.54) is 11.3 Å². The number of benzene rings is 1. The van der Waals surface area contributed by atoms with Gasteiger partial charge in [0.05, 0.1) is 10.0 Å². The number of anilines is 1. The summed E-state index contributed by atoms with van der Waals surface area (Å²) in [4.78, 5) is 4.60. The van der Waals surface area contributed by atoms with Crippen LogP contribution in [0.5, 0.6) is 11.5 Å². The molecule has 1 aromatic heterocycles. The lowest BCUT2D eigenvalue weighted by atomic mass is 10.1. The molecule has 0 radical (unpaired) electrons. The van der Waals surface area contributed by atoms with Crippen molar-refractivity contribution in [2.45, 2.75) is 19.8 Å². The van der Waals surface area contributed by atoms with Gasteiger partial charge >= 0.3 is 0 Å². The van der Waals surface area contributed by atoms with Crippen molar-refractivity contribution >= 4 is 27.9 Å². The fourth-order valence-electron chi connectivity index (χ4n) is 2.15.